The highest BCUT2D eigenvalue weighted by Crippen LogP contribution is 2.43. The summed E-state index contributed by atoms with van der Waals surface area (Å²) in [4.78, 5) is 0. The van der Waals surface area contributed by atoms with E-state index in [4.69, 9.17) is 15.2 Å². The molecule has 4 heteroatoms. The van der Waals surface area contributed by atoms with Gasteiger partial charge in [0.05, 0.1) is 13.2 Å². The van der Waals surface area contributed by atoms with Crippen LogP contribution in [0.4, 0.5) is 0 Å². The van der Waals surface area contributed by atoms with E-state index in [9.17, 15) is 5.26 Å². The summed E-state index contributed by atoms with van der Waals surface area (Å²) in [5.41, 5.74) is 9.77. The van der Waals surface area contributed by atoms with Crippen molar-refractivity contribution >= 4 is 0 Å². The van der Waals surface area contributed by atoms with E-state index in [0.29, 0.717) is 18.7 Å². The highest BCUT2D eigenvalue weighted by Gasteiger charge is 2.28. The van der Waals surface area contributed by atoms with Crippen molar-refractivity contribution in [2.75, 3.05) is 19.8 Å². The van der Waals surface area contributed by atoms with E-state index in [1.54, 1.807) is 0 Å². The van der Waals surface area contributed by atoms with Gasteiger partial charge >= 0.3 is 0 Å². The number of rotatable bonds is 2. The molecule has 0 amide bonds. The standard InChI is InChI=1S/C15H18N2O2/c16-6-5-12-10-3-1-8-19-15(10)13(9-17)11-4-2-7-18-14(11)12/h1-8,16H2. The number of hydrogen-bond donors (Lipinski definition) is 1. The van der Waals surface area contributed by atoms with Crippen LogP contribution in [0.5, 0.6) is 11.5 Å². The van der Waals surface area contributed by atoms with E-state index in [0.717, 1.165) is 61.3 Å². The Kier molecular flexibility index (Phi) is 3.31. The Bertz CT molecular complexity index is 509. The largest absolute Gasteiger partial charge is 0.493 e. The number of fused-ring (bicyclic) bond motifs is 2. The third-order valence-corrected chi connectivity index (χ3v) is 3.86. The average molecular weight is 258 g/mol. The van der Waals surface area contributed by atoms with Gasteiger partial charge in [-0.05, 0) is 38.6 Å². The van der Waals surface area contributed by atoms with Crippen LogP contribution in [-0.4, -0.2) is 19.8 Å². The first-order chi connectivity index (χ1) is 9.36. The van der Waals surface area contributed by atoms with Gasteiger partial charge in [-0.3, -0.25) is 0 Å². The molecule has 1 aromatic rings. The monoisotopic (exact) mass is 258 g/mol. The van der Waals surface area contributed by atoms with Gasteiger partial charge in [-0.15, -0.1) is 0 Å². The van der Waals surface area contributed by atoms with Gasteiger partial charge in [-0.1, -0.05) is 0 Å². The van der Waals surface area contributed by atoms with Crippen molar-refractivity contribution in [3.63, 3.8) is 0 Å². The highest BCUT2D eigenvalue weighted by atomic mass is 16.5. The predicted octanol–water partition coefficient (Wildman–Crippen LogP) is 1.71. The summed E-state index contributed by atoms with van der Waals surface area (Å²) in [6, 6.07) is 2.32. The number of nitrogens with two attached hydrogens (primary N) is 1. The zero-order chi connectivity index (χ0) is 13.2. The Balaban J connectivity index is 2.26. The van der Waals surface area contributed by atoms with Crippen LogP contribution in [0, 0.1) is 11.3 Å². The average Bonchev–Trinajstić information content (AvgIpc) is 2.47. The maximum Gasteiger partial charge on any atom is 0.141 e. The van der Waals surface area contributed by atoms with Gasteiger partial charge in [0, 0.05) is 16.7 Å². The SMILES string of the molecule is N#Cc1c2c(c(CCN)c3c1OCCC3)OCCC2. The first-order valence-electron chi connectivity index (χ1n) is 6.93. The molecule has 19 heavy (non-hydrogen) atoms. The molecule has 0 radical (unpaired) electrons. The molecule has 2 heterocycles. The minimum atomic E-state index is 0.591. The van der Waals surface area contributed by atoms with Crippen molar-refractivity contribution in [3.8, 4) is 17.6 Å². The van der Waals surface area contributed by atoms with Crippen LogP contribution in [0.3, 0.4) is 0 Å². The molecule has 0 aromatic heterocycles. The Morgan fingerprint density at radius 2 is 1.74 bits per heavy atom. The first-order valence-corrected chi connectivity index (χ1v) is 6.93. The molecular weight excluding hydrogens is 240 g/mol. The summed E-state index contributed by atoms with van der Waals surface area (Å²) in [6.07, 6.45) is 4.60. The molecule has 4 nitrogen and oxygen atoms in total. The van der Waals surface area contributed by atoms with Gasteiger partial charge in [-0.2, -0.15) is 5.26 Å². The van der Waals surface area contributed by atoms with Gasteiger partial charge in [0.2, 0.25) is 0 Å². The normalized spacial score (nSPS) is 16.6. The zero-order valence-electron chi connectivity index (χ0n) is 11.0. The zero-order valence-corrected chi connectivity index (χ0v) is 11.0. The second-order valence-electron chi connectivity index (χ2n) is 5.02. The molecule has 2 aliphatic rings. The topological polar surface area (TPSA) is 68.3 Å². The molecule has 2 aliphatic heterocycles. The maximum absolute atomic E-state index is 9.46. The number of nitriles is 1. The highest BCUT2D eigenvalue weighted by molar-refractivity contribution is 5.64. The quantitative estimate of drug-likeness (QED) is 0.876. The molecule has 2 N–H and O–H groups in total. The summed E-state index contributed by atoms with van der Waals surface area (Å²) >= 11 is 0. The molecular formula is C15H18N2O2. The Morgan fingerprint density at radius 1 is 1.05 bits per heavy atom. The predicted molar refractivity (Wildman–Crippen MR) is 71.5 cm³/mol. The lowest BCUT2D eigenvalue weighted by Crippen LogP contribution is -2.20. The molecule has 0 bridgehead atoms. The van der Waals surface area contributed by atoms with Crippen molar-refractivity contribution in [3.05, 3.63) is 22.3 Å². The Morgan fingerprint density at radius 3 is 2.42 bits per heavy atom. The molecule has 0 spiro atoms. The molecule has 0 unspecified atom stereocenters. The number of hydrogen-bond acceptors (Lipinski definition) is 4. The van der Waals surface area contributed by atoms with Gasteiger partial charge in [0.1, 0.15) is 23.1 Å². The fraction of sp³-hybridized carbons (Fsp3) is 0.533. The molecule has 3 rings (SSSR count). The van der Waals surface area contributed by atoms with E-state index >= 15 is 0 Å². The first kappa shape index (κ1) is 12.3. The molecule has 0 atom stereocenters. The molecule has 0 saturated carbocycles. The van der Waals surface area contributed by atoms with E-state index < -0.39 is 0 Å². The lowest BCUT2D eigenvalue weighted by molar-refractivity contribution is 0.268. The second-order valence-corrected chi connectivity index (χ2v) is 5.02. The molecule has 0 aliphatic carbocycles. The van der Waals surface area contributed by atoms with E-state index in [2.05, 4.69) is 6.07 Å². The lowest BCUT2D eigenvalue weighted by atomic mass is 9.88. The molecule has 0 fully saturated rings. The summed E-state index contributed by atoms with van der Waals surface area (Å²) in [5.74, 6) is 1.71. The fourth-order valence-corrected chi connectivity index (χ4v) is 3.07. The van der Waals surface area contributed by atoms with E-state index in [1.807, 2.05) is 0 Å². The number of ether oxygens (including phenoxy) is 2. The summed E-state index contributed by atoms with van der Waals surface area (Å²) in [5, 5.41) is 9.46. The lowest BCUT2D eigenvalue weighted by Gasteiger charge is -2.28. The minimum Gasteiger partial charge on any atom is -0.493 e. The van der Waals surface area contributed by atoms with Crippen LogP contribution in [0.25, 0.3) is 0 Å². The van der Waals surface area contributed by atoms with Gasteiger partial charge in [-0.25, -0.2) is 0 Å². The molecule has 100 valence electrons. The number of benzene rings is 1. The van der Waals surface area contributed by atoms with Gasteiger partial charge in [0.15, 0.2) is 0 Å². The van der Waals surface area contributed by atoms with Crippen LogP contribution in [0.2, 0.25) is 0 Å². The van der Waals surface area contributed by atoms with Crippen LogP contribution in [-0.2, 0) is 19.3 Å². The molecule has 0 saturated heterocycles. The summed E-state index contributed by atoms with van der Waals surface area (Å²) in [7, 11) is 0. The third kappa shape index (κ3) is 1.95. The smallest absolute Gasteiger partial charge is 0.141 e. The van der Waals surface area contributed by atoms with E-state index in [1.165, 1.54) is 5.56 Å². The van der Waals surface area contributed by atoms with Crippen molar-refractivity contribution in [2.24, 2.45) is 5.73 Å². The number of nitrogens with zero attached hydrogens (tertiary/aromatic N) is 1. The fourth-order valence-electron chi connectivity index (χ4n) is 3.07. The summed E-state index contributed by atoms with van der Waals surface area (Å²) in [6.45, 7) is 2.02. The minimum absolute atomic E-state index is 0.591. The van der Waals surface area contributed by atoms with Crippen LogP contribution >= 0.6 is 0 Å². The second kappa shape index (κ2) is 5.10. The van der Waals surface area contributed by atoms with E-state index in [-0.39, 0.29) is 0 Å². The molecule has 1 aromatic carbocycles. The van der Waals surface area contributed by atoms with Crippen LogP contribution in [0.15, 0.2) is 0 Å². The van der Waals surface area contributed by atoms with Crippen LogP contribution < -0.4 is 15.2 Å². The van der Waals surface area contributed by atoms with Crippen molar-refractivity contribution in [2.45, 2.75) is 32.1 Å². The van der Waals surface area contributed by atoms with Crippen molar-refractivity contribution in [1.82, 2.24) is 0 Å². The van der Waals surface area contributed by atoms with Gasteiger partial charge in [0.25, 0.3) is 0 Å². The summed E-state index contributed by atoms with van der Waals surface area (Å²) < 4.78 is 11.6. The van der Waals surface area contributed by atoms with Gasteiger partial charge < -0.3 is 15.2 Å². The van der Waals surface area contributed by atoms with Crippen LogP contribution in [0.1, 0.15) is 35.1 Å². The van der Waals surface area contributed by atoms with Crippen molar-refractivity contribution < 1.29 is 9.47 Å². The Labute approximate surface area is 113 Å². The maximum atomic E-state index is 9.46. The third-order valence-electron chi connectivity index (χ3n) is 3.86. The van der Waals surface area contributed by atoms with Crippen molar-refractivity contribution in [1.29, 1.82) is 5.26 Å². The Hall–Kier alpha value is -1.73.